The fourth-order valence-electron chi connectivity index (χ4n) is 2.63. The summed E-state index contributed by atoms with van der Waals surface area (Å²) in [6, 6.07) is -0.254. The normalized spacial score (nSPS) is 40.8. The lowest BCUT2D eigenvalue weighted by Gasteiger charge is -2.26. The van der Waals surface area contributed by atoms with E-state index in [9.17, 15) is 4.79 Å². The molecule has 0 aromatic rings. The number of nitrogens with one attached hydrogen (secondary N) is 1. The van der Waals surface area contributed by atoms with Crippen LogP contribution in [0.3, 0.4) is 0 Å². The molecule has 1 saturated heterocycles. The van der Waals surface area contributed by atoms with Gasteiger partial charge in [0.05, 0.1) is 0 Å². The van der Waals surface area contributed by atoms with Gasteiger partial charge in [0.25, 0.3) is 0 Å². The van der Waals surface area contributed by atoms with E-state index in [-0.39, 0.29) is 6.04 Å². The molecule has 68 valence electrons. The maximum Gasteiger partial charge on any atom is 0.320 e. The highest BCUT2D eigenvalue weighted by Crippen LogP contribution is 2.35. The van der Waals surface area contributed by atoms with Gasteiger partial charge in [-0.25, -0.2) is 0 Å². The van der Waals surface area contributed by atoms with Crippen molar-refractivity contribution in [3.8, 4) is 0 Å². The second-order valence-electron chi connectivity index (χ2n) is 3.93. The number of hydrogen-bond acceptors (Lipinski definition) is 2. The van der Waals surface area contributed by atoms with E-state index >= 15 is 0 Å². The summed E-state index contributed by atoms with van der Waals surface area (Å²) in [5, 5.41) is 12.0. The lowest BCUT2D eigenvalue weighted by molar-refractivity contribution is -0.140. The van der Waals surface area contributed by atoms with Crippen LogP contribution in [0, 0.1) is 11.8 Å². The van der Waals surface area contributed by atoms with E-state index in [2.05, 4.69) is 5.32 Å². The molecule has 2 rings (SSSR count). The minimum atomic E-state index is -0.663. The number of aliphatic carboxylic acids is 1. The van der Waals surface area contributed by atoms with E-state index in [0.717, 1.165) is 13.0 Å². The van der Waals surface area contributed by atoms with Crippen molar-refractivity contribution < 1.29 is 9.90 Å². The monoisotopic (exact) mass is 169 g/mol. The number of carbonyl (C=O) groups is 1. The van der Waals surface area contributed by atoms with Crippen molar-refractivity contribution in [2.24, 2.45) is 11.8 Å². The molecule has 12 heavy (non-hydrogen) atoms. The van der Waals surface area contributed by atoms with Crippen molar-refractivity contribution >= 4 is 5.97 Å². The van der Waals surface area contributed by atoms with Crippen molar-refractivity contribution in [1.29, 1.82) is 0 Å². The lowest BCUT2D eigenvalue weighted by atomic mass is 9.78. The summed E-state index contributed by atoms with van der Waals surface area (Å²) in [5.41, 5.74) is 0. The van der Waals surface area contributed by atoms with Gasteiger partial charge in [-0.3, -0.25) is 4.79 Å². The summed E-state index contributed by atoms with van der Waals surface area (Å²) in [7, 11) is 0. The SMILES string of the molecule is O=C(O)[C@H]1NCC2CCCCC21. The van der Waals surface area contributed by atoms with Crippen molar-refractivity contribution in [2.45, 2.75) is 31.7 Å². The van der Waals surface area contributed by atoms with Crippen LogP contribution < -0.4 is 5.32 Å². The Kier molecular flexibility index (Phi) is 2.05. The van der Waals surface area contributed by atoms with E-state index in [0.29, 0.717) is 11.8 Å². The predicted molar refractivity (Wildman–Crippen MR) is 44.9 cm³/mol. The third kappa shape index (κ3) is 1.22. The molecule has 1 aliphatic carbocycles. The standard InChI is InChI=1S/C9H15NO2/c11-9(12)8-7-4-2-1-3-6(7)5-10-8/h6-8,10H,1-5H2,(H,11,12)/t6?,7?,8-/m0/s1. The minimum absolute atomic E-state index is 0.254. The molecule has 0 spiro atoms. The Hall–Kier alpha value is -0.570. The maximum absolute atomic E-state index is 10.8. The van der Waals surface area contributed by atoms with Crippen LogP contribution in [0.5, 0.6) is 0 Å². The van der Waals surface area contributed by atoms with Crippen LogP contribution in [0.25, 0.3) is 0 Å². The lowest BCUT2D eigenvalue weighted by Crippen LogP contribution is -2.36. The average molecular weight is 169 g/mol. The largest absolute Gasteiger partial charge is 0.480 e. The Balaban J connectivity index is 2.05. The first-order valence-electron chi connectivity index (χ1n) is 4.75. The average Bonchev–Trinajstić information content (AvgIpc) is 2.47. The third-order valence-electron chi connectivity index (χ3n) is 3.26. The zero-order valence-electron chi connectivity index (χ0n) is 7.12. The molecular formula is C9H15NO2. The number of hydrogen-bond donors (Lipinski definition) is 2. The van der Waals surface area contributed by atoms with Gasteiger partial charge in [0.15, 0.2) is 0 Å². The molecule has 2 aliphatic rings. The van der Waals surface area contributed by atoms with Gasteiger partial charge in [-0.15, -0.1) is 0 Å². The molecular weight excluding hydrogens is 154 g/mol. The van der Waals surface area contributed by atoms with E-state index in [4.69, 9.17) is 5.11 Å². The second-order valence-corrected chi connectivity index (χ2v) is 3.93. The molecule has 3 atom stereocenters. The smallest absolute Gasteiger partial charge is 0.320 e. The van der Waals surface area contributed by atoms with Crippen LogP contribution >= 0.6 is 0 Å². The Bertz CT molecular complexity index is 193. The highest BCUT2D eigenvalue weighted by molar-refractivity contribution is 5.74. The Morgan fingerprint density at radius 3 is 2.83 bits per heavy atom. The maximum atomic E-state index is 10.8. The van der Waals surface area contributed by atoms with Gasteiger partial charge in [-0.1, -0.05) is 12.8 Å². The topological polar surface area (TPSA) is 49.3 Å². The summed E-state index contributed by atoms with van der Waals surface area (Å²) in [6.07, 6.45) is 4.83. The molecule has 0 radical (unpaired) electrons. The zero-order valence-corrected chi connectivity index (χ0v) is 7.12. The minimum Gasteiger partial charge on any atom is -0.480 e. The molecule has 2 N–H and O–H groups in total. The summed E-state index contributed by atoms with van der Waals surface area (Å²) in [5.74, 6) is 0.389. The summed E-state index contributed by atoms with van der Waals surface area (Å²) in [4.78, 5) is 10.8. The fourth-order valence-corrected chi connectivity index (χ4v) is 2.63. The van der Waals surface area contributed by atoms with Crippen LogP contribution in [0.15, 0.2) is 0 Å². The van der Waals surface area contributed by atoms with E-state index < -0.39 is 5.97 Å². The third-order valence-corrected chi connectivity index (χ3v) is 3.26. The van der Waals surface area contributed by atoms with Gasteiger partial charge >= 0.3 is 5.97 Å². The Morgan fingerprint density at radius 2 is 2.08 bits per heavy atom. The van der Waals surface area contributed by atoms with Crippen LogP contribution in [0.4, 0.5) is 0 Å². The van der Waals surface area contributed by atoms with Crippen LogP contribution in [-0.2, 0) is 4.79 Å². The van der Waals surface area contributed by atoms with Gasteiger partial charge in [0.2, 0.25) is 0 Å². The first kappa shape index (κ1) is 8.05. The first-order valence-corrected chi connectivity index (χ1v) is 4.75. The Morgan fingerprint density at radius 1 is 1.33 bits per heavy atom. The van der Waals surface area contributed by atoms with Crippen molar-refractivity contribution in [1.82, 2.24) is 5.32 Å². The quantitative estimate of drug-likeness (QED) is 0.611. The first-order chi connectivity index (χ1) is 5.79. The number of rotatable bonds is 1. The van der Waals surface area contributed by atoms with Gasteiger partial charge < -0.3 is 10.4 Å². The molecule has 0 amide bonds. The number of carboxylic acids is 1. The van der Waals surface area contributed by atoms with Crippen LogP contribution in [-0.4, -0.2) is 23.7 Å². The Labute approximate surface area is 72.2 Å². The number of carboxylic acid groups (broad SMARTS) is 1. The second kappa shape index (κ2) is 3.05. The molecule has 1 heterocycles. The van der Waals surface area contributed by atoms with Crippen LogP contribution in [0.2, 0.25) is 0 Å². The van der Waals surface area contributed by atoms with Gasteiger partial charge in [-0.2, -0.15) is 0 Å². The summed E-state index contributed by atoms with van der Waals surface area (Å²) in [6.45, 7) is 0.918. The van der Waals surface area contributed by atoms with Gasteiger partial charge in [-0.05, 0) is 31.2 Å². The van der Waals surface area contributed by atoms with Crippen molar-refractivity contribution in [2.75, 3.05) is 6.54 Å². The van der Waals surface area contributed by atoms with Crippen LogP contribution in [0.1, 0.15) is 25.7 Å². The van der Waals surface area contributed by atoms with Crippen molar-refractivity contribution in [3.63, 3.8) is 0 Å². The molecule has 1 saturated carbocycles. The molecule has 2 unspecified atom stereocenters. The molecule has 1 aliphatic heterocycles. The highest BCUT2D eigenvalue weighted by Gasteiger charge is 2.40. The van der Waals surface area contributed by atoms with E-state index in [1.807, 2.05) is 0 Å². The molecule has 0 bridgehead atoms. The van der Waals surface area contributed by atoms with Gasteiger partial charge in [0, 0.05) is 0 Å². The van der Waals surface area contributed by atoms with E-state index in [1.54, 1.807) is 0 Å². The predicted octanol–water partition coefficient (Wildman–Crippen LogP) is 0.849. The molecule has 0 aromatic carbocycles. The molecule has 0 aromatic heterocycles. The highest BCUT2D eigenvalue weighted by atomic mass is 16.4. The number of fused-ring (bicyclic) bond motifs is 1. The zero-order chi connectivity index (χ0) is 8.55. The van der Waals surface area contributed by atoms with E-state index in [1.165, 1.54) is 19.3 Å². The summed E-state index contributed by atoms with van der Waals surface area (Å²) >= 11 is 0. The van der Waals surface area contributed by atoms with Gasteiger partial charge in [0.1, 0.15) is 6.04 Å². The molecule has 2 fully saturated rings. The fraction of sp³-hybridized carbons (Fsp3) is 0.889. The molecule has 3 heteroatoms. The van der Waals surface area contributed by atoms with Crippen molar-refractivity contribution in [3.05, 3.63) is 0 Å². The molecule has 3 nitrogen and oxygen atoms in total. The summed E-state index contributed by atoms with van der Waals surface area (Å²) < 4.78 is 0.